The molecule has 5 heteroatoms. The monoisotopic (exact) mass is 305 g/mol. The van der Waals surface area contributed by atoms with Crippen LogP contribution in [0.4, 0.5) is 0 Å². The summed E-state index contributed by atoms with van der Waals surface area (Å²) in [5, 5.41) is 10.2. The number of hydrogen-bond donors (Lipinski definition) is 2. The maximum Gasteiger partial charge on any atom is 0.240 e. The second-order valence-corrected chi connectivity index (χ2v) is 6.79. The molecule has 2 atom stereocenters. The third-order valence-electron chi connectivity index (χ3n) is 3.29. The van der Waals surface area contributed by atoms with Crippen LogP contribution in [0, 0.1) is 6.92 Å². The Labute approximate surface area is 125 Å². The minimum absolute atomic E-state index is 0.195. The van der Waals surface area contributed by atoms with E-state index in [4.69, 9.17) is 0 Å². The fourth-order valence-electron chi connectivity index (χ4n) is 2.03. The molecule has 4 nitrogen and oxygen atoms in total. The van der Waals surface area contributed by atoms with Crippen molar-refractivity contribution in [3.8, 4) is 0 Å². The summed E-state index contributed by atoms with van der Waals surface area (Å²) in [4.78, 5) is 0.195. The maximum atomic E-state index is 12.3. The largest absolute Gasteiger partial charge is 0.387 e. The topological polar surface area (TPSA) is 66.4 Å². The summed E-state index contributed by atoms with van der Waals surface area (Å²) in [6.45, 7) is 3.54. The lowest BCUT2D eigenvalue weighted by Crippen LogP contribution is -2.37. The van der Waals surface area contributed by atoms with E-state index in [1.807, 2.05) is 13.0 Å². The van der Waals surface area contributed by atoms with Gasteiger partial charge >= 0.3 is 0 Å². The molecule has 0 amide bonds. The molecule has 0 spiro atoms. The average molecular weight is 305 g/mol. The van der Waals surface area contributed by atoms with Gasteiger partial charge in [0.15, 0.2) is 0 Å². The van der Waals surface area contributed by atoms with E-state index >= 15 is 0 Å². The average Bonchev–Trinajstić information content (AvgIpc) is 2.47. The molecule has 0 radical (unpaired) electrons. The first-order valence-electron chi connectivity index (χ1n) is 6.72. The highest BCUT2D eigenvalue weighted by Gasteiger charge is 2.23. The normalized spacial score (nSPS) is 14.6. The molecule has 21 heavy (non-hydrogen) atoms. The van der Waals surface area contributed by atoms with Gasteiger partial charge in [0.1, 0.15) is 0 Å². The van der Waals surface area contributed by atoms with Crippen LogP contribution in [0.15, 0.2) is 59.5 Å². The molecule has 2 unspecified atom stereocenters. The molecule has 0 aliphatic heterocycles. The van der Waals surface area contributed by atoms with Crippen molar-refractivity contribution in [2.24, 2.45) is 0 Å². The van der Waals surface area contributed by atoms with Crippen LogP contribution in [0.1, 0.15) is 24.2 Å². The number of nitrogens with one attached hydrogen (secondary N) is 1. The summed E-state index contributed by atoms with van der Waals surface area (Å²) in [5.74, 6) is 0. The van der Waals surface area contributed by atoms with E-state index in [-0.39, 0.29) is 4.90 Å². The first kappa shape index (κ1) is 15.7. The number of benzene rings is 2. The summed E-state index contributed by atoms with van der Waals surface area (Å²) in [5.41, 5.74) is 1.67. The number of rotatable bonds is 5. The smallest absolute Gasteiger partial charge is 0.240 e. The molecular formula is C16H19NO3S. The van der Waals surface area contributed by atoms with Crippen molar-refractivity contribution in [2.75, 3.05) is 0 Å². The molecule has 0 aromatic heterocycles. The van der Waals surface area contributed by atoms with Gasteiger partial charge in [0.2, 0.25) is 10.0 Å². The van der Waals surface area contributed by atoms with Crippen molar-refractivity contribution in [3.05, 3.63) is 65.7 Å². The molecule has 112 valence electrons. The summed E-state index contributed by atoms with van der Waals surface area (Å²) >= 11 is 0. The number of aryl methyl sites for hydroxylation is 1. The quantitative estimate of drug-likeness (QED) is 0.891. The van der Waals surface area contributed by atoms with E-state index in [1.165, 1.54) is 0 Å². The minimum atomic E-state index is -3.64. The highest BCUT2D eigenvalue weighted by Crippen LogP contribution is 2.18. The van der Waals surface area contributed by atoms with Gasteiger partial charge in [-0.2, -0.15) is 0 Å². The highest BCUT2D eigenvalue weighted by atomic mass is 32.2. The molecular weight excluding hydrogens is 286 g/mol. The van der Waals surface area contributed by atoms with Crippen molar-refractivity contribution in [1.29, 1.82) is 0 Å². The van der Waals surface area contributed by atoms with E-state index in [1.54, 1.807) is 55.5 Å². The number of hydrogen-bond acceptors (Lipinski definition) is 3. The molecule has 2 aromatic rings. The van der Waals surface area contributed by atoms with Gasteiger partial charge in [0.25, 0.3) is 0 Å². The van der Waals surface area contributed by atoms with Crippen LogP contribution in [-0.4, -0.2) is 19.6 Å². The fourth-order valence-corrected chi connectivity index (χ4v) is 3.28. The van der Waals surface area contributed by atoms with E-state index in [0.717, 1.165) is 5.56 Å². The van der Waals surface area contributed by atoms with E-state index < -0.39 is 22.2 Å². The van der Waals surface area contributed by atoms with Gasteiger partial charge in [-0.3, -0.25) is 0 Å². The molecule has 0 saturated carbocycles. The second kappa shape index (κ2) is 6.39. The van der Waals surface area contributed by atoms with Gasteiger partial charge in [0.05, 0.1) is 11.0 Å². The van der Waals surface area contributed by atoms with Crippen LogP contribution in [0.5, 0.6) is 0 Å². The van der Waals surface area contributed by atoms with Crippen LogP contribution in [-0.2, 0) is 10.0 Å². The minimum Gasteiger partial charge on any atom is -0.387 e. The zero-order chi connectivity index (χ0) is 15.5. The van der Waals surface area contributed by atoms with Gasteiger partial charge in [-0.25, -0.2) is 13.1 Å². The van der Waals surface area contributed by atoms with E-state index in [2.05, 4.69) is 4.72 Å². The zero-order valence-electron chi connectivity index (χ0n) is 12.0. The Kier molecular flexibility index (Phi) is 4.77. The number of aliphatic hydroxyl groups is 1. The van der Waals surface area contributed by atoms with Crippen LogP contribution >= 0.6 is 0 Å². The van der Waals surface area contributed by atoms with Crippen LogP contribution < -0.4 is 4.72 Å². The Morgan fingerprint density at radius 3 is 2.14 bits per heavy atom. The fraction of sp³-hybridized carbons (Fsp3) is 0.250. The van der Waals surface area contributed by atoms with Gasteiger partial charge in [-0.1, -0.05) is 48.0 Å². The van der Waals surface area contributed by atoms with Crippen LogP contribution in [0.3, 0.4) is 0 Å². The van der Waals surface area contributed by atoms with Gasteiger partial charge in [-0.15, -0.1) is 0 Å². The Hall–Kier alpha value is -1.69. The third kappa shape index (κ3) is 3.91. The van der Waals surface area contributed by atoms with Gasteiger partial charge in [-0.05, 0) is 31.5 Å². The molecule has 0 fully saturated rings. The first-order valence-corrected chi connectivity index (χ1v) is 8.20. The summed E-state index contributed by atoms with van der Waals surface area (Å²) in [7, 11) is -3.64. The van der Waals surface area contributed by atoms with Crippen LogP contribution in [0.25, 0.3) is 0 Å². The van der Waals surface area contributed by atoms with Gasteiger partial charge in [0, 0.05) is 6.04 Å². The molecule has 2 N–H and O–H groups in total. The standard InChI is InChI=1S/C16H19NO3S/c1-12-8-10-15(11-9-12)21(19,20)17-13(2)16(18)14-6-4-3-5-7-14/h3-11,13,16-18H,1-2H3. The Balaban J connectivity index is 2.14. The second-order valence-electron chi connectivity index (χ2n) is 5.08. The first-order chi connectivity index (χ1) is 9.90. The lowest BCUT2D eigenvalue weighted by molar-refractivity contribution is 0.146. The lowest BCUT2D eigenvalue weighted by atomic mass is 10.0. The summed E-state index contributed by atoms with van der Waals surface area (Å²) in [6.07, 6.45) is -0.897. The maximum absolute atomic E-state index is 12.3. The predicted molar refractivity (Wildman–Crippen MR) is 82.4 cm³/mol. The molecule has 2 aromatic carbocycles. The van der Waals surface area contributed by atoms with Crippen molar-refractivity contribution < 1.29 is 13.5 Å². The zero-order valence-corrected chi connectivity index (χ0v) is 12.8. The lowest BCUT2D eigenvalue weighted by Gasteiger charge is -2.20. The third-order valence-corrected chi connectivity index (χ3v) is 4.86. The highest BCUT2D eigenvalue weighted by molar-refractivity contribution is 7.89. The predicted octanol–water partition coefficient (Wildman–Crippen LogP) is 2.40. The van der Waals surface area contributed by atoms with Crippen molar-refractivity contribution in [2.45, 2.75) is 30.9 Å². The Morgan fingerprint density at radius 1 is 1.00 bits per heavy atom. The number of aliphatic hydroxyl groups excluding tert-OH is 1. The summed E-state index contributed by atoms with van der Waals surface area (Å²) in [6, 6.07) is 15.0. The molecule has 2 rings (SSSR count). The van der Waals surface area contributed by atoms with Crippen molar-refractivity contribution in [1.82, 2.24) is 4.72 Å². The molecule has 0 heterocycles. The molecule has 0 bridgehead atoms. The Bertz CT molecular complexity index is 681. The van der Waals surface area contributed by atoms with E-state index in [0.29, 0.717) is 5.56 Å². The Morgan fingerprint density at radius 2 is 1.57 bits per heavy atom. The number of sulfonamides is 1. The van der Waals surface area contributed by atoms with Crippen LogP contribution in [0.2, 0.25) is 0 Å². The summed E-state index contributed by atoms with van der Waals surface area (Å²) < 4.78 is 27.0. The van der Waals surface area contributed by atoms with E-state index in [9.17, 15) is 13.5 Å². The van der Waals surface area contributed by atoms with Gasteiger partial charge < -0.3 is 5.11 Å². The molecule has 0 aliphatic rings. The van der Waals surface area contributed by atoms with Crippen molar-refractivity contribution >= 4 is 10.0 Å². The van der Waals surface area contributed by atoms with Crippen molar-refractivity contribution in [3.63, 3.8) is 0 Å². The molecule has 0 aliphatic carbocycles. The molecule has 0 saturated heterocycles. The SMILES string of the molecule is Cc1ccc(S(=O)(=O)NC(C)C(O)c2ccccc2)cc1.